The highest BCUT2D eigenvalue weighted by atomic mass is 127. The minimum absolute atomic E-state index is 0.139. The zero-order valence-electron chi connectivity index (χ0n) is 18.7. The monoisotopic (exact) mass is 665 g/mol. The van der Waals surface area contributed by atoms with Crippen LogP contribution in [0.1, 0.15) is 45.2 Å². The Morgan fingerprint density at radius 2 is 1.59 bits per heavy atom. The number of ether oxygens (including phenoxy) is 1. The molecule has 1 unspecified atom stereocenters. The summed E-state index contributed by atoms with van der Waals surface area (Å²) in [4.78, 5) is 27.8. The van der Waals surface area contributed by atoms with Crippen LogP contribution in [0.5, 0.6) is 11.5 Å². The van der Waals surface area contributed by atoms with Gasteiger partial charge in [-0.25, -0.2) is 4.79 Å². The van der Waals surface area contributed by atoms with Crippen molar-refractivity contribution in [3.05, 3.63) is 54.7 Å². The second-order valence-corrected chi connectivity index (χ2v) is 10.8. The number of likely N-dealkylation sites (N-methyl/N-ethyl adjacent to an activating group) is 1. The van der Waals surface area contributed by atoms with Crippen LogP contribution in [0.25, 0.3) is 0 Å². The summed E-state index contributed by atoms with van der Waals surface area (Å²) in [6, 6.07) is 9.57. The highest BCUT2D eigenvalue weighted by Crippen LogP contribution is 2.28. The molecule has 2 aromatic carbocycles. The summed E-state index contributed by atoms with van der Waals surface area (Å²) in [6.45, 7) is 7.61. The highest BCUT2D eigenvalue weighted by molar-refractivity contribution is 14.1. The van der Waals surface area contributed by atoms with Gasteiger partial charge in [0.15, 0.2) is 0 Å². The fraction of sp³-hybridized carbons (Fsp3) is 0.417. The average molecular weight is 665 g/mol. The topological polar surface area (TPSA) is 87.1 Å². The molecule has 0 fully saturated rings. The number of nitrogens with zero attached hydrogens (tertiary/aromatic N) is 1. The van der Waals surface area contributed by atoms with Crippen molar-refractivity contribution in [1.82, 2.24) is 4.90 Å². The van der Waals surface area contributed by atoms with E-state index in [1.54, 1.807) is 49.9 Å². The first kappa shape index (κ1) is 26.7. The molecule has 1 atom stereocenters. The molecular weight excluding hydrogens is 636 g/mol. The number of aromatic hydroxyl groups is 2. The fourth-order valence-electron chi connectivity index (χ4n) is 3.27. The van der Waals surface area contributed by atoms with E-state index in [-0.39, 0.29) is 23.8 Å². The summed E-state index contributed by atoms with van der Waals surface area (Å²) in [5, 5.41) is 19.5. The van der Waals surface area contributed by atoms with Crippen molar-refractivity contribution in [1.29, 1.82) is 0 Å². The third-order valence-electron chi connectivity index (χ3n) is 4.79. The molecule has 0 spiro atoms. The average Bonchev–Trinajstić information content (AvgIpc) is 2.70. The van der Waals surface area contributed by atoms with Crippen molar-refractivity contribution in [3.8, 4) is 11.5 Å². The Balaban J connectivity index is 2.22. The van der Waals surface area contributed by atoms with Crippen molar-refractivity contribution >= 4 is 57.1 Å². The number of carbonyl (C=O) groups excluding carboxylic acids is 2. The zero-order chi connectivity index (χ0) is 24.1. The predicted octanol–water partition coefficient (Wildman–Crippen LogP) is 5.04. The molecule has 2 N–H and O–H groups in total. The van der Waals surface area contributed by atoms with Crippen LogP contribution in [0, 0.1) is 7.14 Å². The van der Waals surface area contributed by atoms with Crippen molar-refractivity contribution < 1.29 is 24.5 Å². The van der Waals surface area contributed by atoms with E-state index in [0.29, 0.717) is 19.4 Å². The van der Waals surface area contributed by atoms with E-state index in [1.165, 1.54) is 0 Å². The van der Waals surface area contributed by atoms with Gasteiger partial charge in [-0.2, -0.15) is 0 Å². The Hall–Kier alpha value is -1.56. The SMILES string of the molecule is CCN(C(=O)CCc1cc(I)c(O)c(I)c1)C(Cc1ccc(O)cc1)C(=O)OC(C)(C)C. The van der Waals surface area contributed by atoms with Crippen LogP contribution in [0.4, 0.5) is 0 Å². The second-order valence-electron chi connectivity index (χ2n) is 8.51. The molecule has 2 rings (SSSR count). The fourth-order valence-corrected chi connectivity index (χ4v) is 5.17. The molecule has 174 valence electrons. The van der Waals surface area contributed by atoms with Crippen molar-refractivity contribution in [2.24, 2.45) is 0 Å². The molecule has 0 saturated carbocycles. The molecule has 0 aliphatic rings. The van der Waals surface area contributed by atoms with Crippen LogP contribution in [0.2, 0.25) is 0 Å². The van der Waals surface area contributed by atoms with Gasteiger partial charge >= 0.3 is 5.97 Å². The number of phenols is 2. The summed E-state index contributed by atoms with van der Waals surface area (Å²) in [5.41, 5.74) is 1.10. The van der Waals surface area contributed by atoms with Crippen LogP contribution in [-0.2, 0) is 27.2 Å². The van der Waals surface area contributed by atoms with Crippen LogP contribution in [-0.4, -0.2) is 45.2 Å². The Morgan fingerprint density at radius 1 is 1.03 bits per heavy atom. The van der Waals surface area contributed by atoms with Gasteiger partial charge in [-0.15, -0.1) is 0 Å². The molecule has 2 aromatic rings. The number of hydrogen-bond donors (Lipinski definition) is 2. The number of esters is 1. The van der Waals surface area contributed by atoms with E-state index in [2.05, 4.69) is 45.2 Å². The van der Waals surface area contributed by atoms with E-state index in [0.717, 1.165) is 18.3 Å². The maximum Gasteiger partial charge on any atom is 0.329 e. The van der Waals surface area contributed by atoms with Gasteiger partial charge in [-0.05, 0) is 115 Å². The van der Waals surface area contributed by atoms with E-state index >= 15 is 0 Å². The number of phenolic OH excluding ortho intramolecular Hbond substituents is 2. The Kier molecular flexibility index (Phi) is 9.62. The van der Waals surface area contributed by atoms with E-state index in [1.807, 2.05) is 19.1 Å². The third kappa shape index (κ3) is 7.79. The lowest BCUT2D eigenvalue weighted by molar-refractivity contribution is -0.164. The van der Waals surface area contributed by atoms with Crippen molar-refractivity contribution in [2.75, 3.05) is 6.54 Å². The van der Waals surface area contributed by atoms with Gasteiger partial charge in [0.25, 0.3) is 0 Å². The largest absolute Gasteiger partial charge is 0.508 e. The number of amides is 1. The normalized spacial score (nSPS) is 12.3. The summed E-state index contributed by atoms with van der Waals surface area (Å²) in [5.74, 6) is -0.200. The number of rotatable bonds is 8. The molecule has 0 aromatic heterocycles. The van der Waals surface area contributed by atoms with Gasteiger partial charge in [0, 0.05) is 19.4 Å². The van der Waals surface area contributed by atoms with Crippen LogP contribution >= 0.6 is 45.2 Å². The quantitative estimate of drug-likeness (QED) is 0.305. The molecular formula is C24H29I2NO5. The molecule has 6 nitrogen and oxygen atoms in total. The molecule has 0 bridgehead atoms. The number of hydrogen-bond acceptors (Lipinski definition) is 5. The van der Waals surface area contributed by atoms with E-state index < -0.39 is 17.6 Å². The summed E-state index contributed by atoms with van der Waals surface area (Å²) in [6.07, 6.45) is 1.03. The van der Waals surface area contributed by atoms with Crippen molar-refractivity contribution in [3.63, 3.8) is 0 Å². The standard InChI is InChI=1S/C24H29I2NO5/c1-5-27(21(29)11-8-16-12-18(25)22(30)19(26)13-16)20(23(31)32-24(2,3)4)14-15-6-9-17(28)10-7-15/h6-7,9-10,12-13,20,28,30H,5,8,11,14H2,1-4H3. The number of carbonyl (C=O) groups is 2. The van der Waals surface area contributed by atoms with Gasteiger partial charge in [0.2, 0.25) is 5.91 Å². The van der Waals surface area contributed by atoms with E-state index in [4.69, 9.17) is 4.74 Å². The smallest absolute Gasteiger partial charge is 0.329 e. The van der Waals surface area contributed by atoms with Crippen LogP contribution < -0.4 is 0 Å². The maximum absolute atomic E-state index is 13.2. The van der Waals surface area contributed by atoms with Gasteiger partial charge in [-0.3, -0.25) is 4.79 Å². The lowest BCUT2D eigenvalue weighted by atomic mass is 10.0. The first-order valence-electron chi connectivity index (χ1n) is 10.4. The van der Waals surface area contributed by atoms with Crippen LogP contribution in [0.15, 0.2) is 36.4 Å². The van der Waals surface area contributed by atoms with Crippen LogP contribution in [0.3, 0.4) is 0 Å². The lowest BCUT2D eigenvalue weighted by Crippen LogP contribution is -2.48. The van der Waals surface area contributed by atoms with E-state index in [9.17, 15) is 19.8 Å². The predicted molar refractivity (Wildman–Crippen MR) is 141 cm³/mol. The zero-order valence-corrected chi connectivity index (χ0v) is 23.0. The van der Waals surface area contributed by atoms with Gasteiger partial charge < -0.3 is 19.8 Å². The number of aryl methyl sites for hydroxylation is 1. The molecule has 32 heavy (non-hydrogen) atoms. The second kappa shape index (κ2) is 11.5. The highest BCUT2D eigenvalue weighted by Gasteiger charge is 2.32. The molecule has 0 aliphatic heterocycles. The summed E-state index contributed by atoms with van der Waals surface area (Å²) < 4.78 is 7.10. The number of benzene rings is 2. The van der Waals surface area contributed by atoms with Gasteiger partial charge in [0.05, 0.1) is 7.14 Å². The first-order chi connectivity index (χ1) is 14.9. The maximum atomic E-state index is 13.2. The third-order valence-corrected chi connectivity index (χ3v) is 6.43. The minimum atomic E-state index is -0.767. The molecule has 1 amide bonds. The summed E-state index contributed by atoms with van der Waals surface area (Å²) >= 11 is 4.14. The van der Waals surface area contributed by atoms with Gasteiger partial charge in [0.1, 0.15) is 23.1 Å². The van der Waals surface area contributed by atoms with Gasteiger partial charge in [-0.1, -0.05) is 12.1 Å². The molecule has 0 heterocycles. The molecule has 0 saturated heterocycles. The molecule has 0 aliphatic carbocycles. The lowest BCUT2D eigenvalue weighted by Gasteiger charge is -2.32. The first-order valence-corrected chi connectivity index (χ1v) is 12.5. The summed E-state index contributed by atoms with van der Waals surface area (Å²) in [7, 11) is 0. The molecule has 0 radical (unpaired) electrons. The van der Waals surface area contributed by atoms with Crippen molar-refractivity contribution in [2.45, 2.75) is 58.6 Å². The molecule has 8 heteroatoms. The Morgan fingerprint density at radius 3 is 2.09 bits per heavy atom. The minimum Gasteiger partial charge on any atom is -0.508 e. The Labute approximate surface area is 216 Å². The Bertz CT molecular complexity index is 931. The number of halogens is 2.